The highest BCUT2D eigenvalue weighted by atomic mass is 32.1. The zero-order valence-corrected chi connectivity index (χ0v) is 12.5. The molecule has 0 radical (unpaired) electrons. The molecule has 1 fully saturated rings. The van der Waals surface area contributed by atoms with Crippen molar-refractivity contribution >= 4 is 11.3 Å². The Hall–Kier alpha value is -0.380. The summed E-state index contributed by atoms with van der Waals surface area (Å²) in [6, 6.07) is 5.42. The highest BCUT2D eigenvalue weighted by Gasteiger charge is 2.24. The van der Waals surface area contributed by atoms with Gasteiger partial charge in [0, 0.05) is 23.5 Å². The van der Waals surface area contributed by atoms with Crippen LogP contribution in [-0.2, 0) is 6.42 Å². The number of rotatable bonds is 5. The van der Waals surface area contributed by atoms with Gasteiger partial charge >= 0.3 is 0 Å². The first-order valence-electron chi connectivity index (χ1n) is 7.15. The molecule has 1 heterocycles. The van der Waals surface area contributed by atoms with Gasteiger partial charge in [0.25, 0.3) is 0 Å². The number of nitrogens with zero attached hydrogens (tertiary/aromatic N) is 1. The van der Waals surface area contributed by atoms with Crippen LogP contribution in [0.1, 0.15) is 37.5 Å². The predicted molar refractivity (Wildman–Crippen MR) is 80.0 cm³/mol. The molecular formula is C15H26N2S. The lowest BCUT2D eigenvalue weighted by atomic mass is 9.84. The molecule has 1 aromatic rings. The van der Waals surface area contributed by atoms with Crippen LogP contribution in [0.25, 0.3) is 0 Å². The molecular weight excluding hydrogens is 240 g/mol. The van der Waals surface area contributed by atoms with Crippen molar-refractivity contribution < 1.29 is 0 Å². The molecule has 1 saturated carbocycles. The third-order valence-corrected chi connectivity index (χ3v) is 5.22. The molecule has 1 aliphatic rings. The van der Waals surface area contributed by atoms with Gasteiger partial charge in [0.2, 0.25) is 0 Å². The second kappa shape index (κ2) is 6.69. The number of likely N-dealkylation sites (N-methyl/N-ethyl adjacent to an activating group) is 1. The van der Waals surface area contributed by atoms with Crippen molar-refractivity contribution in [3.8, 4) is 0 Å². The van der Waals surface area contributed by atoms with Crippen LogP contribution in [-0.4, -0.2) is 30.6 Å². The largest absolute Gasteiger partial charge is 0.327 e. The third-order valence-electron chi connectivity index (χ3n) is 4.32. The molecule has 0 amide bonds. The Morgan fingerprint density at radius 1 is 1.44 bits per heavy atom. The predicted octanol–water partition coefficient (Wildman–Crippen LogP) is 3.13. The summed E-state index contributed by atoms with van der Waals surface area (Å²) >= 11 is 1.86. The summed E-state index contributed by atoms with van der Waals surface area (Å²) in [4.78, 5) is 3.98. The lowest BCUT2D eigenvalue weighted by Gasteiger charge is -2.34. The van der Waals surface area contributed by atoms with Crippen molar-refractivity contribution in [1.82, 2.24) is 4.90 Å². The fourth-order valence-corrected chi connectivity index (χ4v) is 3.72. The second-order valence-electron chi connectivity index (χ2n) is 5.78. The third kappa shape index (κ3) is 3.81. The van der Waals surface area contributed by atoms with E-state index in [0.29, 0.717) is 18.0 Å². The van der Waals surface area contributed by atoms with E-state index in [-0.39, 0.29) is 0 Å². The van der Waals surface area contributed by atoms with Crippen molar-refractivity contribution in [3.05, 3.63) is 22.4 Å². The van der Waals surface area contributed by atoms with Crippen molar-refractivity contribution in [1.29, 1.82) is 0 Å². The molecule has 1 aromatic heterocycles. The summed E-state index contributed by atoms with van der Waals surface area (Å²) in [5.74, 6) is 0.703. The van der Waals surface area contributed by atoms with Crippen LogP contribution in [0.15, 0.2) is 17.5 Å². The molecule has 2 N–H and O–H groups in total. The number of hydrogen-bond donors (Lipinski definition) is 1. The minimum absolute atomic E-state index is 0.426. The fraction of sp³-hybridized carbons (Fsp3) is 0.733. The van der Waals surface area contributed by atoms with Gasteiger partial charge in [-0.25, -0.2) is 0 Å². The van der Waals surface area contributed by atoms with E-state index in [2.05, 4.69) is 36.4 Å². The van der Waals surface area contributed by atoms with E-state index in [4.69, 9.17) is 5.73 Å². The summed E-state index contributed by atoms with van der Waals surface area (Å²) in [5.41, 5.74) is 6.24. The monoisotopic (exact) mass is 266 g/mol. The molecule has 18 heavy (non-hydrogen) atoms. The highest BCUT2D eigenvalue weighted by molar-refractivity contribution is 7.09. The van der Waals surface area contributed by atoms with Crippen molar-refractivity contribution in [3.63, 3.8) is 0 Å². The highest BCUT2D eigenvalue weighted by Crippen LogP contribution is 2.24. The van der Waals surface area contributed by atoms with Crippen LogP contribution in [0, 0.1) is 5.92 Å². The minimum Gasteiger partial charge on any atom is -0.327 e. The maximum atomic E-state index is 6.24. The SMILES string of the molecule is CC(Cc1cccs1)N(C)CC1CCCCC1N. The Morgan fingerprint density at radius 3 is 2.89 bits per heavy atom. The standard InChI is InChI=1S/C15H26N2S/c1-12(10-14-7-5-9-18-14)17(2)11-13-6-3-4-8-15(13)16/h5,7,9,12-13,15H,3-4,6,8,10-11,16H2,1-2H3. The van der Waals surface area contributed by atoms with Crippen LogP contribution in [0.4, 0.5) is 0 Å². The lowest BCUT2D eigenvalue weighted by molar-refractivity contribution is 0.175. The van der Waals surface area contributed by atoms with Gasteiger partial charge in [-0.15, -0.1) is 11.3 Å². The summed E-state index contributed by atoms with van der Waals surface area (Å²) in [6.07, 6.45) is 6.39. The Bertz CT molecular complexity index is 336. The van der Waals surface area contributed by atoms with Gasteiger partial charge in [-0.2, -0.15) is 0 Å². The van der Waals surface area contributed by atoms with Gasteiger partial charge < -0.3 is 10.6 Å². The Labute approximate surface area is 115 Å². The molecule has 0 aromatic carbocycles. The smallest absolute Gasteiger partial charge is 0.0112 e. The topological polar surface area (TPSA) is 29.3 Å². The van der Waals surface area contributed by atoms with Crippen LogP contribution in [0.2, 0.25) is 0 Å². The van der Waals surface area contributed by atoms with Gasteiger partial charge in [-0.3, -0.25) is 0 Å². The summed E-state index contributed by atoms with van der Waals surface area (Å²) in [7, 11) is 2.25. The molecule has 2 nitrogen and oxygen atoms in total. The zero-order valence-electron chi connectivity index (χ0n) is 11.6. The lowest BCUT2D eigenvalue weighted by Crippen LogP contribution is -2.43. The molecule has 3 unspecified atom stereocenters. The normalized spacial score (nSPS) is 26.4. The molecule has 102 valence electrons. The minimum atomic E-state index is 0.426. The summed E-state index contributed by atoms with van der Waals surface area (Å²) in [5, 5.41) is 2.17. The van der Waals surface area contributed by atoms with Gasteiger partial charge in [-0.05, 0) is 50.6 Å². The van der Waals surface area contributed by atoms with Crippen molar-refractivity contribution in [2.75, 3.05) is 13.6 Å². The Morgan fingerprint density at radius 2 is 2.22 bits per heavy atom. The average molecular weight is 266 g/mol. The maximum absolute atomic E-state index is 6.24. The van der Waals surface area contributed by atoms with E-state index >= 15 is 0 Å². The molecule has 3 heteroatoms. The molecule has 0 spiro atoms. The molecule has 1 aliphatic carbocycles. The van der Waals surface area contributed by atoms with Gasteiger partial charge in [-0.1, -0.05) is 18.9 Å². The van der Waals surface area contributed by atoms with Gasteiger partial charge in [0.05, 0.1) is 0 Å². The number of nitrogens with two attached hydrogens (primary N) is 1. The van der Waals surface area contributed by atoms with E-state index in [1.807, 2.05) is 11.3 Å². The molecule has 3 atom stereocenters. The van der Waals surface area contributed by atoms with Gasteiger partial charge in [0.1, 0.15) is 0 Å². The first-order chi connectivity index (χ1) is 8.66. The summed E-state index contributed by atoms with van der Waals surface area (Å²) in [6.45, 7) is 3.49. The maximum Gasteiger partial charge on any atom is 0.0112 e. The van der Waals surface area contributed by atoms with Crippen LogP contribution < -0.4 is 5.73 Å². The van der Waals surface area contributed by atoms with E-state index in [9.17, 15) is 0 Å². The molecule has 0 aliphatic heterocycles. The van der Waals surface area contributed by atoms with Crippen molar-refractivity contribution in [2.24, 2.45) is 11.7 Å². The zero-order chi connectivity index (χ0) is 13.0. The quantitative estimate of drug-likeness (QED) is 0.887. The van der Waals surface area contributed by atoms with E-state index in [0.717, 1.165) is 13.0 Å². The van der Waals surface area contributed by atoms with Crippen molar-refractivity contribution in [2.45, 2.75) is 51.1 Å². The van der Waals surface area contributed by atoms with Crippen LogP contribution >= 0.6 is 11.3 Å². The average Bonchev–Trinajstić information content (AvgIpc) is 2.84. The van der Waals surface area contributed by atoms with E-state index < -0.39 is 0 Å². The molecule has 0 saturated heterocycles. The number of hydrogen-bond acceptors (Lipinski definition) is 3. The van der Waals surface area contributed by atoms with E-state index in [1.165, 1.54) is 30.6 Å². The first-order valence-corrected chi connectivity index (χ1v) is 8.03. The second-order valence-corrected chi connectivity index (χ2v) is 6.81. The van der Waals surface area contributed by atoms with Crippen LogP contribution in [0.3, 0.4) is 0 Å². The Balaban J connectivity index is 1.81. The fourth-order valence-electron chi connectivity index (χ4n) is 2.89. The Kier molecular flexibility index (Phi) is 5.22. The summed E-state index contributed by atoms with van der Waals surface area (Å²) < 4.78 is 0. The molecule has 2 rings (SSSR count). The number of thiophene rings is 1. The van der Waals surface area contributed by atoms with E-state index in [1.54, 1.807) is 0 Å². The molecule has 0 bridgehead atoms. The van der Waals surface area contributed by atoms with Gasteiger partial charge in [0.15, 0.2) is 0 Å². The first kappa shape index (κ1) is 14.0. The van der Waals surface area contributed by atoms with Crippen LogP contribution in [0.5, 0.6) is 0 Å².